The molecule has 0 radical (unpaired) electrons. The quantitative estimate of drug-likeness (QED) is 0.743. The van der Waals surface area contributed by atoms with Crippen LogP contribution in [0, 0.1) is 5.41 Å². The molecule has 106 valence electrons. The summed E-state index contributed by atoms with van der Waals surface area (Å²) in [6.07, 6.45) is 1.03. The van der Waals surface area contributed by atoms with Gasteiger partial charge in [0.1, 0.15) is 5.75 Å². The zero-order chi connectivity index (χ0) is 13.6. The summed E-state index contributed by atoms with van der Waals surface area (Å²) in [5, 5.41) is 9.30. The van der Waals surface area contributed by atoms with Crippen LogP contribution in [0.3, 0.4) is 0 Å². The Morgan fingerprint density at radius 1 is 1.42 bits per heavy atom. The predicted octanol–water partition coefficient (Wildman–Crippen LogP) is 2.37. The molecule has 0 unspecified atom stereocenters. The lowest BCUT2D eigenvalue weighted by molar-refractivity contribution is -0.121. The first-order valence-corrected chi connectivity index (χ1v) is 7.91. The van der Waals surface area contributed by atoms with Crippen LogP contribution in [-0.4, -0.2) is 43.0 Å². The molecule has 1 fully saturated rings. The Kier molecular flexibility index (Phi) is 5.55. The Labute approximate surface area is 119 Å². The molecule has 1 aliphatic rings. The molecule has 0 spiro atoms. The van der Waals surface area contributed by atoms with Crippen molar-refractivity contribution in [3.63, 3.8) is 0 Å². The molecular formula is C15H22O3S. The Morgan fingerprint density at radius 3 is 2.89 bits per heavy atom. The molecule has 4 heteroatoms. The third-order valence-corrected chi connectivity index (χ3v) is 4.64. The SMILES string of the molecule is CCc1cccc(OCCSCC2(CO)COC2)c1. The maximum absolute atomic E-state index is 9.30. The number of benzene rings is 1. The third kappa shape index (κ3) is 4.13. The molecule has 1 aromatic rings. The van der Waals surface area contributed by atoms with E-state index in [2.05, 4.69) is 19.1 Å². The zero-order valence-electron chi connectivity index (χ0n) is 11.4. The first-order chi connectivity index (χ1) is 9.28. The van der Waals surface area contributed by atoms with Gasteiger partial charge >= 0.3 is 0 Å². The lowest BCUT2D eigenvalue weighted by Crippen LogP contribution is -2.47. The van der Waals surface area contributed by atoms with Gasteiger partial charge in [-0.15, -0.1) is 0 Å². The van der Waals surface area contributed by atoms with Crippen molar-refractivity contribution in [1.82, 2.24) is 0 Å². The monoisotopic (exact) mass is 282 g/mol. The van der Waals surface area contributed by atoms with E-state index < -0.39 is 0 Å². The smallest absolute Gasteiger partial charge is 0.119 e. The summed E-state index contributed by atoms with van der Waals surface area (Å²) in [5.41, 5.74) is 1.31. The van der Waals surface area contributed by atoms with Crippen LogP contribution in [0.1, 0.15) is 12.5 Å². The zero-order valence-corrected chi connectivity index (χ0v) is 12.2. The van der Waals surface area contributed by atoms with Crippen molar-refractivity contribution in [2.45, 2.75) is 13.3 Å². The number of hydrogen-bond donors (Lipinski definition) is 1. The van der Waals surface area contributed by atoms with E-state index in [1.54, 1.807) is 0 Å². The van der Waals surface area contributed by atoms with Gasteiger partial charge < -0.3 is 14.6 Å². The molecule has 0 saturated carbocycles. The summed E-state index contributed by atoms with van der Waals surface area (Å²) >= 11 is 1.82. The lowest BCUT2D eigenvalue weighted by Gasteiger charge is -2.39. The normalized spacial score (nSPS) is 16.9. The Morgan fingerprint density at radius 2 is 2.26 bits per heavy atom. The van der Waals surface area contributed by atoms with E-state index >= 15 is 0 Å². The van der Waals surface area contributed by atoms with Crippen LogP contribution in [0.4, 0.5) is 0 Å². The summed E-state index contributed by atoms with van der Waals surface area (Å²) in [4.78, 5) is 0. The fourth-order valence-electron chi connectivity index (χ4n) is 1.97. The van der Waals surface area contributed by atoms with Crippen molar-refractivity contribution < 1.29 is 14.6 Å². The fourth-order valence-corrected chi connectivity index (χ4v) is 3.01. The highest BCUT2D eigenvalue weighted by Crippen LogP contribution is 2.30. The van der Waals surface area contributed by atoms with Gasteiger partial charge in [-0.2, -0.15) is 11.8 Å². The minimum atomic E-state index is 0.00674. The molecule has 1 N–H and O–H groups in total. The van der Waals surface area contributed by atoms with Crippen molar-refractivity contribution in [1.29, 1.82) is 0 Å². The number of hydrogen-bond acceptors (Lipinski definition) is 4. The molecule has 1 aromatic carbocycles. The molecule has 1 heterocycles. The van der Waals surface area contributed by atoms with Gasteiger partial charge in [-0.1, -0.05) is 19.1 Å². The maximum atomic E-state index is 9.30. The number of thioether (sulfide) groups is 1. The Balaban J connectivity index is 1.63. The molecular weight excluding hydrogens is 260 g/mol. The van der Waals surface area contributed by atoms with Gasteiger partial charge in [-0.25, -0.2) is 0 Å². The predicted molar refractivity (Wildman–Crippen MR) is 79.0 cm³/mol. The Bertz CT molecular complexity index is 385. The first-order valence-electron chi connectivity index (χ1n) is 6.76. The van der Waals surface area contributed by atoms with Gasteiger partial charge in [0.05, 0.1) is 26.4 Å². The van der Waals surface area contributed by atoms with Gasteiger partial charge in [0.25, 0.3) is 0 Å². The molecule has 3 nitrogen and oxygen atoms in total. The number of rotatable bonds is 8. The second-order valence-corrected chi connectivity index (χ2v) is 6.16. The largest absolute Gasteiger partial charge is 0.493 e. The van der Waals surface area contributed by atoms with E-state index in [9.17, 15) is 5.11 Å². The highest BCUT2D eigenvalue weighted by atomic mass is 32.2. The molecule has 0 atom stereocenters. The summed E-state index contributed by atoms with van der Waals surface area (Å²) < 4.78 is 10.9. The molecule has 19 heavy (non-hydrogen) atoms. The van der Waals surface area contributed by atoms with Crippen LogP contribution in [0.15, 0.2) is 24.3 Å². The van der Waals surface area contributed by atoms with Crippen molar-refractivity contribution in [2.24, 2.45) is 5.41 Å². The molecule has 1 aliphatic heterocycles. The molecule has 1 saturated heterocycles. The van der Waals surface area contributed by atoms with Crippen molar-refractivity contribution >= 4 is 11.8 Å². The van der Waals surface area contributed by atoms with Crippen LogP contribution in [0.25, 0.3) is 0 Å². The van der Waals surface area contributed by atoms with Crippen LogP contribution >= 0.6 is 11.8 Å². The first kappa shape index (κ1) is 14.7. The number of ether oxygens (including phenoxy) is 2. The highest BCUT2D eigenvalue weighted by Gasteiger charge is 2.37. The summed E-state index contributed by atoms with van der Waals surface area (Å²) in [6, 6.07) is 8.25. The average molecular weight is 282 g/mol. The molecule has 0 aliphatic carbocycles. The van der Waals surface area contributed by atoms with Gasteiger partial charge in [-0.3, -0.25) is 0 Å². The van der Waals surface area contributed by atoms with Crippen LogP contribution < -0.4 is 4.74 Å². The number of aliphatic hydroxyl groups is 1. The van der Waals surface area contributed by atoms with E-state index in [0.29, 0.717) is 19.8 Å². The minimum absolute atomic E-state index is 0.00674. The number of aliphatic hydroxyl groups excluding tert-OH is 1. The van der Waals surface area contributed by atoms with Crippen LogP contribution in [0.5, 0.6) is 5.75 Å². The summed E-state index contributed by atoms with van der Waals surface area (Å²) in [5.74, 6) is 2.84. The number of aryl methyl sites for hydroxylation is 1. The van der Waals surface area contributed by atoms with E-state index in [1.165, 1.54) is 5.56 Å². The lowest BCUT2D eigenvalue weighted by atomic mass is 9.90. The molecule has 0 amide bonds. The van der Waals surface area contributed by atoms with E-state index in [-0.39, 0.29) is 12.0 Å². The minimum Gasteiger partial charge on any atom is -0.493 e. The van der Waals surface area contributed by atoms with Gasteiger partial charge in [0.15, 0.2) is 0 Å². The Hall–Kier alpha value is -0.710. The summed E-state index contributed by atoms with van der Waals surface area (Å²) in [7, 11) is 0. The van der Waals surface area contributed by atoms with Crippen molar-refractivity contribution in [3.05, 3.63) is 29.8 Å². The van der Waals surface area contributed by atoms with E-state index in [4.69, 9.17) is 9.47 Å². The second kappa shape index (κ2) is 7.17. The molecule has 0 bridgehead atoms. The average Bonchev–Trinajstić information content (AvgIpc) is 2.41. The highest BCUT2D eigenvalue weighted by molar-refractivity contribution is 7.99. The molecule has 2 rings (SSSR count). The standard InChI is InChI=1S/C15H22O3S/c1-2-13-4-3-5-14(8-13)18-6-7-19-12-15(9-16)10-17-11-15/h3-5,8,16H,2,6-7,9-12H2,1H3. The second-order valence-electron chi connectivity index (χ2n) is 5.05. The van der Waals surface area contributed by atoms with Crippen molar-refractivity contribution in [3.8, 4) is 5.75 Å². The van der Waals surface area contributed by atoms with Crippen molar-refractivity contribution in [2.75, 3.05) is 37.9 Å². The maximum Gasteiger partial charge on any atom is 0.119 e. The summed E-state index contributed by atoms with van der Waals surface area (Å²) in [6.45, 7) is 4.45. The molecule has 0 aromatic heterocycles. The van der Waals surface area contributed by atoms with E-state index in [1.807, 2.05) is 23.9 Å². The fraction of sp³-hybridized carbons (Fsp3) is 0.600. The van der Waals surface area contributed by atoms with Crippen LogP contribution in [-0.2, 0) is 11.2 Å². The van der Waals surface area contributed by atoms with Crippen LogP contribution in [0.2, 0.25) is 0 Å². The van der Waals surface area contributed by atoms with Gasteiger partial charge in [0, 0.05) is 16.9 Å². The van der Waals surface area contributed by atoms with Gasteiger partial charge in [0.2, 0.25) is 0 Å². The van der Waals surface area contributed by atoms with Gasteiger partial charge in [-0.05, 0) is 24.1 Å². The third-order valence-electron chi connectivity index (χ3n) is 3.36. The van der Waals surface area contributed by atoms with E-state index in [0.717, 1.165) is 23.7 Å². The topological polar surface area (TPSA) is 38.7 Å².